The van der Waals surface area contributed by atoms with Gasteiger partial charge in [-0.1, -0.05) is 82.2 Å². The first kappa shape index (κ1) is 18.6. The molecule has 2 rings (SSSR count). The predicted molar refractivity (Wildman–Crippen MR) is 104 cm³/mol. The van der Waals surface area contributed by atoms with E-state index in [-0.39, 0.29) is 0 Å². The fourth-order valence-electron chi connectivity index (χ4n) is 4.09. The molecule has 0 radical (unpaired) electrons. The molecule has 1 saturated carbocycles. The molecule has 1 fully saturated rings. The largest absolute Gasteiger partial charge is 0.0885 e. The third-order valence-electron chi connectivity index (χ3n) is 5.74. The average molecular weight is 315 g/mol. The standard InChI is InChI=1S/C23H38/c1-2-3-4-5-6-7-8-9-10-11-13-22-18-19-23(20-22)17-16-21-14-12-15-21/h6-7,12,14-15,22-23H,2-5,8-11,13,16-20H2,1H3/b7-6-/t22?,23-/m1/s1. The third kappa shape index (κ3) is 8.04. The zero-order valence-corrected chi connectivity index (χ0v) is 15.4. The first-order valence-corrected chi connectivity index (χ1v) is 10.4. The fourth-order valence-corrected chi connectivity index (χ4v) is 4.09. The summed E-state index contributed by atoms with van der Waals surface area (Å²) in [5, 5.41) is 0. The number of hydrogen-bond acceptors (Lipinski definition) is 0. The van der Waals surface area contributed by atoms with Crippen molar-refractivity contribution in [3.63, 3.8) is 0 Å². The molecule has 0 heteroatoms. The molecular formula is C23H38. The lowest BCUT2D eigenvalue weighted by Crippen LogP contribution is -1.98. The van der Waals surface area contributed by atoms with Crippen molar-refractivity contribution in [2.75, 3.05) is 0 Å². The number of rotatable bonds is 13. The molecule has 0 nitrogen and oxygen atoms in total. The van der Waals surface area contributed by atoms with E-state index in [0.29, 0.717) is 0 Å². The van der Waals surface area contributed by atoms with Crippen molar-refractivity contribution >= 4 is 0 Å². The van der Waals surface area contributed by atoms with Crippen LogP contribution >= 0.6 is 0 Å². The highest BCUT2D eigenvalue weighted by Gasteiger charge is 2.23. The zero-order valence-electron chi connectivity index (χ0n) is 15.4. The molecular weight excluding hydrogens is 276 g/mol. The van der Waals surface area contributed by atoms with Gasteiger partial charge in [-0.2, -0.15) is 0 Å². The van der Waals surface area contributed by atoms with Crippen LogP contribution in [0.15, 0.2) is 36.0 Å². The van der Waals surface area contributed by atoms with Crippen molar-refractivity contribution in [2.24, 2.45) is 11.8 Å². The molecule has 0 aromatic carbocycles. The molecule has 0 spiro atoms. The number of unbranched alkanes of at least 4 members (excludes halogenated alkanes) is 6. The molecule has 0 bridgehead atoms. The van der Waals surface area contributed by atoms with Crippen molar-refractivity contribution in [1.29, 1.82) is 0 Å². The first-order valence-electron chi connectivity index (χ1n) is 10.4. The summed E-state index contributed by atoms with van der Waals surface area (Å²) >= 11 is 0. The van der Waals surface area contributed by atoms with Crippen LogP contribution in [0.25, 0.3) is 0 Å². The highest BCUT2D eigenvalue weighted by Crippen LogP contribution is 2.37. The molecule has 0 aromatic heterocycles. The van der Waals surface area contributed by atoms with E-state index in [1.165, 1.54) is 89.9 Å². The minimum Gasteiger partial charge on any atom is -0.0885 e. The van der Waals surface area contributed by atoms with Gasteiger partial charge in [-0.05, 0) is 62.4 Å². The van der Waals surface area contributed by atoms with Crippen LogP contribution in [0, 0.1) is 11.8 Å². The maximum absolute atomic E-state index is 2.42. The summed E-state index contributed by atoms with van der Waals surface area (Å²) < 4.78 is 0. The first-order chi connectivity index (χ1) is 11.4. The lowest BCUT2D eigenvalue weighted by atomic mass is 9.93. The van der Waals surface area contributed by atoms with Crippen LogP contribution in [0.4, 0.5) is 0 Å². The quantitative estimate of drug-likeness (QED) is 0.240. The van der Waals surface area contributed by atoms with E-state index in [1.54, 1.807) is 5.57 Å². The van der Waals surface area contributed by atoms with Crippen molar-refractivity contribution in [1.82, 2.24) is 0 Å². The van der Waals surface area contributed by atoms with Crippen molar-refractivity contribution in [3.8, 4) is 0 Å². The Hall–Kier alpha value is -0.780. The Balaban J connectivity index is 1.38. The molecule has 0 aliphatic heterocycles. The van der Waals surface area contributed by atoms with Crippen LogP contribution in [0.2, 0.25) is 0 Å². The molecule has 2 aliphatic rings. The summed E-state index contributed by atoms with van der Waals surface area (Å²) in [7, 11) is 0. The SMILES string of the molecule is CCCCC/C=C\CCCCCC1CC[C@@H](CCC2=CC=C2)C1. The second kappa shape index (κ2) is 11.7. The lowest BCUT2D eigenvalue weighted by Gasteiger charge is -2.13. The van der Waals surface area contributed by atoms with Crippen molar-refractivity contribution < 1.29 is 0 Å². The van der Waals surface area contributed by atoms with Gasteiger partial charge in [0.05, 0.1) is 0 Å². The van der Waals surface area contributed by atoms with Gasteiger partial charge in [0.1, 0.15) is 0 Å². The van der Waals surface area contributed by atoms with Crippen molar-refractivity contribution in [2.45, 2.75) is 96.8 Å². The summed E-state index contributed by atoms with van der Waals surface area (Å²) in [6, 6.07) is 0. The van der Waals surface area contributed by atoms with Gasteiger partial charge >= 0.3 is 0 Å². The van der Waals surface area contributed by atoms with Crippen LogP contribution < -0.4 is 0 Å². The van der Waals surface area contributed by atoms with E-state index >= 15 is 0 Å². The second-order valence-corrected chi connectivity index (χ2v) is 7.79. The zero-order chi connectivity index (χ0) is 16.2. The van der Waals surface area contributed by atoms with E-state index in [1.807, 2.05) is 0 Å². The molecule has 0 aromatic rings. The maximum Gasteiger partial charge on any atom is -0.0276 e. The molecule has 130 valence electrons. The van der Waals surface area contributed by atoms with E-state index < -0.39 is 0 Å². The highest BCUT2D eigenvalue weighted by molar-refractivity contribution is 5.34. The highest BCUT2D eigenvalue weighted by atomic mass is 14.3. The van der Waals surface area contributed by atoms with Gasteiger partial charge in [-0.25, -0.2) is 0 Å². The van der Waals surface area contributed by atoms with Gasteiger partial charge in [0, 0.05) is 0 Å². The molecule has 0 amide bonds. The van der Waals surface area contributed by atoms with E-state index in [2.05, 4.69) is 37.3 Å². The fraction of sp³-hybridized carbons (Fsp3) is 0.739. The average Bonchev–Trinajstić information content (AvgIpc) is 2.95. The van der Waals surface area contributed by atoms with Crippen LogP contribution in [0.5, 0.6) is 0 Å². The normalized spacial score (nSPS) is 23.4. The van der Waals surface area contributed by atoms with Gasteiger partial charge in [0.2, 0.25) is 0 Å². The molecule has 0 saturated heterocycles. The van der Waals surface area contributed by atoms with Crippen LogP contribution in [0.1, 0.15) is 96.8 Å². The number of hydrogen-bond donors (Lipinski definition) is 0. The molecule has 23 heavy (non-hydrogen) atoms. The Morgan fingerprint density at radius 3 is 2.26 bits per heavy atom. The Kier molecular flexibility index (Phi) is 9.45. The maximum atomic E-state index is 2.42. The van der Waals surface area contributed by atoms with Crippen LogP contribution in [0.3, 0.4) is 0 Å². The van der Waals surface area contributed by atoms with Crippen LogP contribution in [-0.2, 0) is 0 Å². The second-order valence-electron chi connectivity index (χ2n) is 7.79. The van der Waals surface area contributed by atoms with Gasteiger partial charge in [-0.15, -0.1) is 0 Å². The molecule has 0 heterocycles. The van der Waals surface area contributed by atoms with E-state index in [9.17, 15) is 0 Å². The topological polar surface area (TPSA) is 0 Å². The lowest BCUT2D eigenvalue weighted by molar-refractivity contribution is 0.430. The van der Waals surface area contributed by atoms with E-state index in [0.717, 1.165) is 11.8 Å². The molecule has 1 unspecified atom stereocenters. The number of allylic oxidation sites excluding steroid dienone is 6. The Labute approximate surface area is 145 Å². The van der Waals surface area contributed by atoms with Gasteiger partial charge in [0.15, 0.2) is 0 Å². The summed E-state index contributed by atoms with van der Waals surface area (Å²) in [5.74, 6) is 2.08. The Bertz CT molecular complexity index is 385. The summed E-state index contributed by atoms with van der Waals surface area (Å²) in [4.78, 5) is 0. The van der Waals surface area contributed by atoms with Gasteiger partial charge < -0.3 is 0 Å². The monoisotopic (exact) mass is 314 g/mol. The minimum atomic E-state index is 1.03. The summed E-state index contributed by atoms with van der Waals surface area (Å²) in [6.45, 7) is 2.28. The minimum absolute atomic E-state index is 1.03. The van der Waals surface area contributed by atoms with Gasteiger partial charge in [0.25, 0.3) is 0 Å². The molecule has 2 atom stereocenters. The predicted octanol–water partition coefficient (Wildman–Crippen LogP) is 7.77. The van der Waals surface area contributed by atoms with Crippen LogP contribution in [-0.4, -0.2) is 0 Å². The Morgan fingerprint density at radius 2 is 1.61 bits per heavy atom. The molecule has 0 N–H and O–H groups in total. The molecule has 2 aliphatic carbocycles. The van der Waals surface area contributed by atoms with Gasteiger partial charge in [-0.3, -0.25) is 0 Å². The third-order valence-corrected chi connectivity index (χ3v) is 5.74. The Morgan fingerprint density at radius 1 is 0.913 bits per heavy atom. The van der Waals surface area contributed by atoms with E-state index in [4.69, 9.17) is 0 Å². The smallest absolute Gasteiger partial charge is 0.0276 e. The summed E-state index contributed by atoms with van der Waals surface area (Å²) in [5.41, 5.74) is 1.58. The summed E-state index contributed by atoms with van der Waals surface area (Å²) in [6.07, 6.45) is 31.4. The van der Waals surface area contributed by atoms with Crippen molar-refractivity contribution in [3.05, 3.63) is 36.0 Å².